The Labute approximate surface area is 212 Å². The van der Waals surface area contributed by atoms with Gasteiger partial charge in [0.05, 0.1) is 5.69 Å². The molecule has 3 heterocycles. The van der Waals surface area contributed by atoms with Crippen LogP contribution >= 0.6 is 23.2 Å². The second-order valence-electron chi connectivity index (χ2n) is 8.52. The first-order chi connectivity index (χ1) is 17.0. The number of hydrogen-bond acceptors (Lipinski definition) is 5. The van der Waals surface area contributed by atoms with Gasteiger partial charge in [0.1, 0.15) is 12.0 Å². The van der Waals surface area contributed by atoms with Gasteiger partial charge in [0.25, 0.3) is 5.91 Å². The van der Waals surface area contributed by atoms with Crippen LogP contribution in [0, 0.1) is 0 Å². The normalized spacial score (nSPS) is 15.2. The Kier molecular flexibility index (Phi) is 6.81. The first-order valence-corrected chi connectivity index (χ1v) is 12.1. The summed E-state index contributed by atoms with van der Waals surface area (Å²) in [6.45, 7) is 1.05. The van der Waals surface area contributed by atoms with Gasteiger partial charge in [-0.2, -0.15) is 5.10 Å². The summed E-state index contributed by atoms with van der Waals surface area (Å²) >= 11 is 12.1. The third-order valence-corrected chi connectivity index (χ3v) is 6.85. The van der Waals surface area contributed by atoms with Crippen LogP contribution in [0.4, 0.5) is 0 Å². The molecular formula is C26H23Cl2N5O2. The van der Waals surface area contributed by atoms with Crippen molar-refractivity contribution < 1.29 is 9.90 Å². The van der Waals surface area contributed by atoms with E-state index in [1.54, 1.807) is 35.4 Å². The van der Waals surface area contributed by atoms with Crippen molar-refractivity contribution >= 4 is 29.1 Å². The Balaban J connectivity index is 1.38. The fourth-order valence-electron chi connectivity index (χ4n) is 4.55. The molecule has 1 aliphatic heterocycles. The van der Waals surface area contributed by atoms with Gasteiger partial charge in [-0.3, -0.25) is 9.89 Å². The highest BCUT2D eigenvalue weighted by Crippen LogP contribution is 2.39. The molecule has 2 aromatic carbocycles. The van der Waals surface area contributed by atoms with Gasteiger partial charge in [-0.05, 0) is 48.7 Å². The molecule has 2 aromatic heterocycles. The smallest absolute Gasteiger partial charge is 0.256 e. The molecular weight excluding hydrogens is 485 g/mol. The van der Waals surface area contributed by atoms with E-state index < -0.39 is 6.10 Å². The second-order valence-corrected chi connectivity index (χ2v) is 9.39. The molecule has 0 spiro atoms. The highest BCUT2D eigenvalue weighted by atomic mass is 35.5. The molecule has 0 unspecified atom stereocenters. The topological polar surface area (TPSA) is 95.0 Å². The Hall–Kier alpha value is -3.26. The van der Waals surface area contributed by atoms with Crippen LogP contribution in [0.25, 0.3) is 22.5 Å². The van der Waals surface area contributed by atoms with Gasteiger partial charge in [-0.15, -0.1) is 0 Å². The van der Waals surface area contributed by atoms with Crippen LogP contribution in [0.5, 0.6) is 0 Å². The molecule has 1 fully saturated rings. The standard InChI is InChI=1S/C26H23Cl2N5O2/c27-19-6-4-16(5-7-19)23-22(21-8-11-29-15-30-21)24(32-31-23)17-9-12-33(13-10-17)26(35)25(34)18-2-1-3-20(28)14-18/h1-8,11,14-15,17,25,34H,9-10,12-13H2,(H,31,32)/t25-/m1/s1. The lowest BCUT2D eigenvalue weighted by Crippen LogP contribution is -2.40. The van der Waals surface area contributed by atoms with Gasteiger partial charge in [0.2, 0.25) is 0 Å². The van der Waals surface area contributed by atoms with E-state index in [0.29, 0.717) is 28.7 Å². The fraction of sp³-hybridized carbons (Fsp3) is 0.231. The highest BCUT2D eigenvalue weighted by Gasteiger charge is 2.31. The van der Waals surface area contributed by atoms with Gasteiger partial charge in [-0.25, -0.2) is 9.97 Å². The number of nitrogens with one attached hydrogen (secondary N) is 1. The van der Waals surface area contributed by atoms with Gasteiger partial charge >= 0.3 is 0 Å². The fourth-order valence-corrected chi connectivity index (χ4v) is 4.87. The number of aliphatic hydroxyl groups is 1. The van der Waals surface area contributed by atoms with E-state index in [-0.39, 0.29) is 11.8 Å². The van der Waals surface area contributed by atoms with Crippen molar-refractivity contribution in [1.82, 2.24) is 25.1 Å². The number of rotatable bonds is 5. The summed E-state index contributed by atoms with van der Waals surface area (Å²) in [6.07, 6.45) is 3.47. The van der Waals surface area contributed by atoms with E-state index >= 15 is 0 Å². The third-order valence-electron chi connectivity index (χ3n) is 6.36. The molecule has 5 rings (SSSR count). The van der Waals surface area contributed by atoms with Crippen LogP contribution in [0.15, 0.2) is 67.1 Å². The lowest BCUT2D eigenvalue weighted by Gasteiger charge is -2.33. The molecule has 9 heteroatoms. The van der Waals surface area contributed by atoms with Crippen molar-refractivity contribution in [2.45, 2.75) is 24.9 Å². The largest absolute Gasteiger partial charge is 0.378 e. The minimum Gasteiger partial charge on any atom is -0.378 e. The molecule has 0 aliphatic carbocycles. The molecule has 1 amide bonds. The first kappa shape index (κ1) is 23.5. The number of carbonyl (C=O) groups excluding carboxylic acids is 1. The maximum atomic E-state index is 12.9. The van der Waals surface area contributed by atoms with Crippen molar-refractivity contribution in [2.24, 2.45) is 0 Å². The number of aromatic amines is 1. The Morgan fingerprint density at radius 2 is 1.83 bits per heavy atom. The van der Waals surface area contributed by atoms with Gasteiger partial charge in [-0.1, -0.05) is 47.5 Å². The zero-order chi connectivity index (χ0) is 24.4. The number of H-pyrrole nitrogens is 1. The summed E-state index contributed by atoms with van der Waals surface area (Å²) in [4.78, 5) is 23.2. The first-order valence-electron chi connectivity index (χ1n) is 11.3. The van der Waals surface area contributed by atoms with Crippen LogP contribution in [-0.2, 0) is 4.79 Å². The zero-order valence-corrected chi connectivity index (χ0v) is 20.2. The number of amides is 1. The predicted molar refractivity (Wildman–Crippen MR) is 135 cm³/mol. The number of halogens is 2. The summed E-state index contributed by atoms with van der Waals surface area (Å²) in [7, 11) is 0. The predicted octanol–water partition coefficient (Wildman–Crippen LogP) is 5.28. The van der Waals surface area contributed by atoms with Crippen LogP contribution in [-0.4, -0.2) is 49.2 Å². The highest BCUT2D eigenvalue weighted by molar-refractivity contribution is 6.30. The molecule has 178 valence electrons. The second kappa shape index (κ2) is 10.2. The number of aliphatic hydroxyl groups excluding tert-OH is 1. The lowest BCUT2D eigenvalue weighted by atomic mass is 9.88. The number of hydrogen-bond donors (Lipinski definition) is 2. The Bertz CT molecular complexity index is 1320. The summed E-state index contributed by atoms with van der Waals surface area (Å²) in [5, 5.41) is 19.6. The number of piperidine rings is 1. The maximum absolute atomic E-state index is 12.9. The number of likely N-dealkylation sites (tertiary alicyclic amines) is 1. The van der Waals surface area contributed by atoms with E-state index in [1.807, 2.05) is 30.3 Å². The number of carbonyl (C=O) groups is 1. The lowest BCUT2D eigenvalue weighted by molar-refractivity contribution is -0.141. The molecule has 7 nitrogen and oxygen atoms in total. The van der Waals surface area contributed by atoms with E-state index in [1.165, 1.54) is 6.33 Å². The summed E-state index contributed by atoms with van der Waals surface area (Å²) in [5.41, 5.74) is 4.92. The quantitative estimate of drug-likeness (QED) is 0.383. The van der Waals surface area contributed by atoms with Crippen molar-refractivity contribution in [3.63, 3.8) is 0 Å². The Morgan fingerprint density at radius 1 is 1.06 bits per heavy atom. The van der Waals surface area contributed by atoms with E-state index in [4.69, 9.17) is 23.2 Å². The van der Waals surface area contributed by atoms with Crippen molar-refractivity contribution in [3.8, 4) is 22.5 Å². The minimum atomic E-state index is -1.23. The maximum Gasteiger partial charge on any atom is 0.256 e. The molecule has 0 saturated carbocycles. The number of benzene rings is 2. The Morgan fingerprint density at radius 3 is 2.51 bits per heavy atom. The molecule has 35 heavy (non-hydrogen) atoms. The number of nitrogens with zero attached hydrogens (tertiary/aromatic N) is 4. The van der Waals surface area contributed by atoms with E-state index in [2.05, 4.69) is 20.2 Å². The van der Waals surface area contributed by atoms with Crippen molar-refractivity contribution in [2.75, 3.05) is 13.1 Å². The SMILES string of the molecule is O=C([C@H](O)c1cccc(Cl)c1)N1CCC(c2[nH]nc(-c3ccc(Cl)cc3)c2-c2ccncn2)CC1. The van der Waals surface area contributed by atoms with Gasteiger partial charge < -0.3 is 10.0 Å². The average Bonchev–Trinajstić information content (AvgIpc) is 3.34. The average molecular weight is 508 g/mol. The molecule has 1 aliphatic rings. The summed E-state index contributed by atoms with van der Waals surface area (Å²) in [6, 6.07) is 16.2. The minimum absolute atomic E-state index is 0.154. The molecule has 2 N–H and O–H groups in total. The number of aromatic nitrogens is 4. The molecule has 1 saturated heterocycles. The molecule has 4 aromatic rings. The van der Waals surface area contributed by atoms with Gasteiger partial charge in [0.15, 0.2) is 6.10 Å². The zero-order valence-electron chi connectivity index (χ0n) is 18.7. The van der Waals surface area contributed by atoms with Crippen LogP contribution in [0.1, 0.15) is 36.1 Å². The van der Waals surface area contributed by atoms with Gasteiger partial charge in [0, 0.05) is 52.1 Å². The molecule has 1 atom stereocenters. The molecule has 0 bridgehead atoms. The monoisotopic (exact) mass is 507 g/mol. The summed E-state index contributed by atoms with van der Waals surface area (Å²) < 4.78 is 0. The van der Waals surface area contributed by atoms with E-state index in [9.17, 15) is 9.90 Å². The van der Waals surface area contributed by atoms with E-state index in [0.717, 1.165) is 41.1 Å². The third kappa shape index (κ3) is 4.93. The van der Waals surface area contributed by atoms with Crippen LogP contribution in [0.3, 0.4) is 0 Å². The van der Waals surface area contributed by atoms with Crippen LogP contribution < -0.4 is 0 Å². The van der Waals surface area contributed by atoms with Crippen molar-refractivity contribution in [1.29, 1.82) is 0 Å². The molecule has 0 radical (unpaired) electrons. The van der Waals surface area contributed by atoms with Crippen LogP contribution in [0.2, 0.25) is 10.0 Å². The summed E-state index contributed by atoms with van der Waals surface area (Å²) in [5.74, 6) is -0.158. The van der Waals surface area contributed by atoms with Crippen molar-refractivity contribution in [3.05, 3.63) is 88.4 Å².